The summed E-state index contributed by atoms with van der Waals surface area (Å²) >= 11 is 0. The van der Waals surface area contributed by atoms with Crippen LogP contribution in [0.3, 0.4) is 0 Å². The molecule has 3 rings (SSSR count). The number of sulfone groups is 1. The summed E-state index contributed by atoms with van der Waals surface area (Å²) in [6.45, 7) is 2.16. The largest absolute Gasteiger partial charge is 0.503 e. The van der Waals surface area contributed by atoms with E-state index in [4.69, 9.17) is 4.74 Å². The molecule has 1 aliphatic heterocycles. The van der Waals surface area contributed by atoms with Gasteiger partial charge in [0.05, 0.1) is 12.7 Å². The first-order valence-corrected chi connectivity index (χ1v) is 10.5. The minimum absolute atomic E-state index is 0.259. The van der Waals surface area contributed by atoms with E-state index in [1.165, 1.54) is 11.0 Å². The molecule has 7 nitrogen and oxygen atoms in total. The number of methoxy groups -OCH3 is 1. The van der Waals surface area contributed by atoms with E-state index >= 15 is 0 Å². The normalized spacial score (nSPS) is 15.8. The lowest BCUT2D eigenvalue weighted by molar-refractivity contribution is -0.0438. The lowest BCUT2D eigenvalue weighted by atomic mass is 10.1. The molecule has 0 saturated carbocycles. The van der Waals surface area contributed by atoms with Crippen LogP contribution in [0.15, 0.2) is 47.6 Å². The number of carbonyl (C=O) groups is 1. The second kappa shape index (κ2) is 8.60. The van der Waals surface area contributed by atoms with E-state index in [9.17, 15) is 26.4 Å². The lowest BCUT2D eigenvalue weighted by Crippen LogP contribution is -2.48. The highest BCUT2D eigenvalue weighted by Gasteiger charge is 2.49. The Labute approximate surface area is 172 Å². The molecule has 1 aromatic carbocycles. The van der Waals surface area contributed by atoms with Gasteiger partial charge in [0.2, 0.25) is 0 Å². The maximum atomic E-state index is 12.9. The molecule has 162 valence electrons. The number of hydrogen-bond acceptors (Lipinski definition) is 6. The van der Waals surface area contributed by atoms with Crippen LogP contribution in [0.5, 0.6) is 5.75 Å². The second-order valence-corrected chi connectivity index (χ2v) is 8.58. The number of aromatic nitrogens is 1. The van der Waals surface area contributed by atoms with Crippen LogP contribution in [0, 0.1) is 0 Å². The second-order valence-electron chi connectivity index (χ2n) is 6.72. The summed E-state index contributed by atoms with van der Waals surface area (Å²) < 4.78 is 67.5. The van der Waals surface area contributed by atoms with Gasteiger partial charge in [-0.15, -0.1) is 0 Å². The highest BCUT2D eigenvalue weighted by molar-refractivity contribution is 7.92. The van der Waals surface area contributed by atoms with E-state index in [-0.39, 0.29) is 13.1 Å². The predicted octanol–water partition coefficient (Wildman–Crippen LogP) is 2.34. The van der Waals surface area contributed by atoms with Gasteiger partial charge in [-0.2, -0.15) is 13.2 Å². The van der Waals surface area contributed by atoms with Crippen molar-refractivity contribution in [3.63, 3.8) is 0 Å². The molecule has 0 radical (unpaired) electrons. The van der Waals surface area contributed by atoms with Gasteiger partial charge < -0.3 is 9.64 Å². The average molecular weight is 443 g/mol. The summed E-state index contributed by atoms with van der Waals surface area (Å²) in [5.74, 6) is -0.0368. The Morgan fingerprint density at radius 1 is 1.10 bits per heavy atom. The van der Waals surface area contributed by atoms with Crippen LogP contribution in [-0.4, -0.2) is 67.9 Å². The van der Waals surface area contributed by atoms with Crippen molar-refractivity contribution in [3.05, 3.63) is 53.7 Å². The zero-order chi connectivity index (χ0) is 21.9. The van der Waals surface area contributed by atoms with Crippen molar-refractivity contribution in [2.45, 2.75) is 17.1 Å². The molecule has 0 spiro atoms. The highest BCUT2D eigenvalue weighted by Crippen LogP contribution is 2.31. The minimum atomic E-state index is -5.73. The standard InChI is InChI=1S/C19H20F3N3O4S/c1-29-15-6-4-14(5-7-15)13-24-9-11-25(12-10-24)18(26)16-3-2-8-23-17(16)30(27,28)19(20,21)22/h2-8H,9-13H2,1H3. The number of alkyl halides is 3. The lowest BCUT2D eigenvalue weighted by Gasteiger charge is -2.35. The fourth-order valence-electron chi connectivity index (χ4n) is 3.15. The van der Waals surface area contributed by atoms with E-state index in [0.29, 0.717) is 19.6 Å². The molecule has 1 aliphatic rings. The SMILES string of the molecule is COc1ccc(CN2CCN(C(=O)c3cccnc3S(=O)(=O)C(F)(F)F)CC2)cc1. The molecule has 2 aromatic rings. The number of benzene rings is 1. The molecule has 2 heterocycles. The summed E-state index contributed by atoms with van der Waals surface area (Å²) in [5, 5.41) is -1.26. The number of rotatable bonds is 5. The van der Waals surface area contributed by atoms with Crippen LogP contribution in [0.2, 0.25) is 0 Å². The van der Waals surface area contributed by atoms with E-state index in [0.717, 1.165) is 23.6 Å². The summed E-state index contributed by atoms with van der Waals surface area (Å²) in [5.41, 5.74) is -5.05. The van der Waals surface area contributed by atoms with E-state index in [1.54, 1.807) is 7.11 Å². The van der Waals surface area contributed by atoms with Crippen LogP contribution < -0.4 is 4.74 Å². The highest BCUT2D eigenvalue weighted by atomic mass is 32.2. The molecular weight excluding hydrogens is 423 g/mol. The van der Waals surface area contributed by atoms with E-state index < -0.39 is 31.8 Å². The third-order valence-electron chi connectivity index (χ3n) is 4.79. The Hall–Kier alpha value is -2.66. The molecule has 1 amide bonds. The third-order valence-corrected chi connectivity index (χ3v) is 6.23. The maximum absolute atomic E-state index is 12.9. The fourth-order valence-corrected chi connectivity index (χ4v) is 4.01. The van der Waals surface area contributed by atoms with Gasteiger partial charge in [0.1, 0.15) is 5.75 Å². The first kappa shape index (κ1) is 22.0. The van der Waals surface area contributed by atoms with Crippen molar-refractivity contribution in [3.8, 4) is 5.75 Å². The molecule has 1 fully saturated rings. The number of amides is 1. The van der Waals surface area contributed by atoms with Gasteiger partial charge in [-0.3, -0.25) is 9.69 Å². The summed E-state index contributed by atoms with van der Waals surface area (Å²) in [7, 11) is -4.15. The van der Waals surface area contributed by atoms with Gasteiger partial charge in [-0.25, -0.2) is 13.4 Å². The van der Waals surface area contributed by atoms with Crippen LogP contribution in [-0.2, 0) is 16.4 Å². The number of piperazine rings is 1. The van der Waals surface area contributed by atoms with Gasteiger partial charge in [0, 0.05) is 38.9 Å². The van der Waals surface area contributed by atoms with Crippen LogP contribution in [0.4, 0.5) is 13.2 Å². The summed E-state index contributed by atoms with van der Waals surface area (Å²) in [6.07, 6.45) is 0.919. The van der Waals surface area contributed by atoms with Crippen molar-refractivity contribution in [1.82, 2.24) is 14.8 Å². The van der Waals surface area contributed by atoms with Crippen molar-refractivity contribution < 1.29 is 31.1 Å². The predicted molar refractivity (Wildman–Crippen MR) is 102 cm³/mol. The molecule has 0 aliphatic carbocycles. The van der Waals surface area contributed by atoms with Gasteiger partial charge >= 0.3 is 5.51 Å². The molecule has 0 unspecified atom stereocenters. The Kier molecular flexibility index (Phi) is 6.32. The van der Waals surface area contributed by atoms with Gasteiger partial charge in [-0.05, 0) is 29.8 Å². The first-order valence-electron chi connectivity index (χ1n) is 9.04. The number of hydrogen-bond donors (Lipinski definition) is 0. The van der Waals surface area contributed by atoms with E-state index in [1.807, 2.05) is 24.3 Å². The average Bonchev–Trinajstić information content (AvgIpc) is 2.73. The minimum Gasteiger partial charge on any atom is -0.497 e. The molecule has 30 heavy (non-hydrogen) atoms. The molecular formula is C19H20F3N3O4S. The van der Waals surface area contributed by atoms with E-state index in [2.05, 4.69) is 9.88 Å². The molecule has 11 heteroatoms. The van der Waals surface area contributed by atoms with Crippen LogP contribution in [0.25, 0.3) is 0 Å². The molecule has 1 saturated heterocycles. The molecule has 0 bridgehead atoms. The van der Waals surface area contributed by atoms with Gasteiger partial charge in [0.15, 0.2) is 5.03 Å². The summed E-state index contributed by atoms with van der Waals surface area (Å²) in [6, 6.07) is 9.85. The Morgan fingerprint density at radius 3 is 2.30 bits per heavy atom. The van der Waals surface area contributed by atoms with Gasteiger partial charge in [-0.1, -0.05) is 12.1 Å². The quantitative estimate of drug-likeness (QED) is 0.706. The Bertz CT molecular complexity index is 1000. The molecule has 1 aromatic heterocycles. The zero-order valence-corrected chi connectivity index (χ0v) is 16.9. The molecule has 0 N–H and O–H groups in total. The van der Waals surface area contributed by atoms with Crippen LogP contribution in [0.1, 0.15) is 15.9 Å². The maximum Gasteiger partial charge on any atom is 0.503 e. The third kappa shape index (κ3) is 4.57. The number of ether oxygens (including phenoxy) is 1. The van der Waals surface area contributed by atoms with Crippen LogP contribution >= 0.6 is 0 Å². The topological polar surface area (TPSA) is 79.8 Å². The fraction of sp³-hybridized carbons (Fsp3) is 0.368. The number of halogens is 3. The number of pyridine rings is 1. The number of nitrogens with zero attached hydrogens (tertiary/aromatic N) is 3. The van der Waals surface area contributed by atoms with Crippen molar-refractivity contribution >= 4 is 15.7 Å². The smallest absolute Gasteiger partial charge is 0.497 e. The number of carbonyl (C=O) groups excluding carboxylic acids is 1. The van der Waals surface area contributed by atoms with Gasteiger partial charge in [0.25, 0.3) is 15.7 Å². The van der Waals surface area contributed by atoms with Crippen molar-refractivity contribution in [1.29, 1.82) is 0 Å². The molecule has 0 atom stereocenters. The monoisotopic (exact) mass is 443 g/mol. The summed E-state index contributed by atoms with van der Waals surface area (Å²) in [4.78, 5) is 19.5. The van der Waals surface area contributed by atoms with Crippen molar-refractivity contribution in [2.24, 2.45) is 0 Å². The zero-order valence-electron chi connectivity index (χ0n) is 16.1. The Morgan fingerprint density at radius 2 is 1.73 bits per heavy atom. The van der Waals surface area contributed by atoms with Crippen molar-refractivity contribution in [2.75, 3.05) is 33.3 Å². The first-order chi connectivity index (χ1) is 14.1. The Balaban J connectivity index is 1.69.